The topological polar surface area (TPSA) is 100 Å². The molecule has 2 amide bonds. The first-order chi connectivity index (χ1) is 14.5. The van der Waals surface area contributed by atoms with Crippen LogP contribution in [0.15, 0.2) is 53.6 Å². The first kappa shape index (κ1) is 20.0. The number of amides is 2. The molecule has 1 unspecified atom stereocenters. The van der Waals surface area contributed by atoms with Gasteiger partial charge in [-0.15, -0.1) is 11.8 Å². The SMILES string of the molecule is COC(=O)C(Cc1c[nH]c2ccccc12)NC(=O)c1ccc2c(c1)NC(=O)CCS2. The molecule has 0 aliphatic carbocycles. The van der Waals surface area contributed by atoms with Gasteiger partial charge in [0, 0.05) is 46.2 Å². The summed E-state index contributed by atoms with van der Waals surface area (Å²) in [6, 6.07) is 12.1. The number of H-pyrrole nitrogens is 1. The van der Waals surface area contributed by atoms with Crippen molar-refractivity contribution in [1.82, 2.24) is 10.3 Å². The first-order valence-electron chi connectivity index (χ1n) is 9.55. The summed E-state index contributed by atoms with van der Waals surface area (Å²) in [4.78, 5) is 41.1. The van der Waals surface area contributed by atoms with Crippen LogP contribution < -0.4 is 10.6 Å². The number of anilines is 1. The lowest BCUT2D eigenvalue weighted by atomic mass is 10.0. The summed E-state index contributed by atoms with van der Waals surface area (Å²) < 4.78 is 4.91. The fourth-order valence-corrected chi connectivity index (χ4v) is 4.40. The van der Waals surface area contributed by atoms with E-state index in [0.717, 1.165) is 21.4 Å². The molecule has 7 nitrogen and oxygen atoms in total. The van der Waals surface area contributed by atoms with Crippen LogP contribution >= 0.6 is 11.8 Å². The summed E-state index contributed by atoms with van der Waals surface area (Å²) in [6.07, 6.45) is 2.55. The number of nitrogens with one attached hydrogen (secondary N) is 3. The van der Waals surface area contributed by atoms with Gasteiger partial charge in [0.15, 0.2) is 0 Å². The van der Waals surface area contributed by atoms with Crippen LogP contribution in [0.2, 0.25) is 0 Å². The van der Waals surface area contributed by atoms with Crippen LogP contribution in [0.1, 0.15) is 22.3 Å². The van der Waals surface area contributed by atoms with E-state index in [-0.39, 0.29) is 5.91 Å². The molecule has 2 aromatic carbocycles. The number of rotatable bonds is 5. The number of para-hydroxylation sites is 1. The van der Waals surface area contributed by atoms with E-state index >= 15 is 0 Å². The molecule has 8 heteroatoms. The van der Waals surface area contributed by atoms with Crippen molar-refractivity contribution in [2.45, 2.75) is 23.8 Å². The van der Waals surface area contributed by atoms with Gasteiger partial charge in [0.1, 0.15) is 6.04 Å². The first-order valence-corrected chi connectivity index (χ1v) is 10.5. The summed E-state index contributed by atoms with van der Waals surface area (Å²) in [7, 11) is 1.30. The number of esters is 1. The van der Waals surface area contributed by atoms with Gasteiger partial charge in [0.05, 0.1) is 12.8 Å². The zero-order chi connectivity index (χ0) is 21.1. The van der Waals surface area contributed by atoms with Crippen molar-refractivity contribution in [3.8, 4) is 0 Å². The molecular weight excluding hydrogens is 402 g/mol. The Bertz CT molecular complexity index is 1120. The highest BCUT2D eigenvalue weighted by Crippen LogP contribution is 2.31. The fourth-order valence-electron chi connectivity index (χ4n) is 3.46. The third-order valence-electron chi connectivity index (χ3n) is 4.99. The standard InChI is InChI=1S/C22H21N3O4S/c1-29-22(28)18(11-14-12-23-16-5-3-2-4-15(14)16)25-21(27)13-6-7-19-17(10-13)24-20(26)8-9-30-19/h2-7,10,12,18,23H,8-9,11H2,1H3,(H,24,26)(H,25,27). The number of carbonyl (C=O) groups excluding carboxylic acids is 3. The Hall–Kier alpha value is -3.26. The lowest BCUT2D eigenvalue weighted by molar-refractivity contribution is -0.142. The van der Waals surface area contributed by atoms with E-state index in [4.69, 9.17) is 4.74 Å². The van der Waals surface area contributed by atoms with Gasteiger partial charge in [0.25, 0.3) is 5.91 Å². The highest BCUT2D eigenvalue weighted by molar-refractivity contribution is 7.99. The number of benzene rings is 2. The molecule has 1 aromatic heterocycles. The second kappa shape index (κ2) is 8.62. The number of hydrogen-bond donors (Lipinski definition) is 3. The van der Waals surface area contributed by atoms with Gasteiger partial charge in [-0.2, -0.15) is 0 Å². The molecule has 154 valence electrons. The summed E-state index contributed by atoms with van der Waals surface area (Å²) in [5.74, 6) is -0.311. The fraction of sp³-hybridized carbons (Fsp3) is 0.227. The number of fused-ring (bicyclic) bond motifs is 2. The minimum Gasteiger partial charge on any atom is -0.467 e. The predicted molar refractivity (Wildman–Crippen MR) is 116 cm³/mol. The minimum atomic E-state index is -0.843. The summed E-state index contributed by atoms with van der Waals surface area (Å²) in [5, 5.41) is 6.59. The smallest absolute Gasteiger partial charge is 0.328 e. The van der Waals surface area contributed by atoms with Crippen molar-refractivity contribution in [3.05, 3.63) is 59.8 Å². The van der Waals surface area contributed by atoms with Crippen molar-refractivity contribution in [2.75, 3.05) is 18.2 Å². The largest absolute Gasteiger partial charge is 0.467 e. The number of hydrogen-bond acceptors (Lipinski definition) is 5. The van der Waals surface area contributed by atoms with E-state index in [2.05, 4.69) is 15.6 Å². The molecule has 0 fully saturated rings. The molecule has 1 atom stereocenters. The van der Waals surface area contributed by atoms with Crippen molar-refractivity contribution < 1.29 is 19.1 Å². The van der Waals surface area contributed by atoms with Crippen LogP contribution in [0.3, 0.4) is 0 Å². The quantitative estimate of drug-likeness (QED) is 0.548. The maximum atomic E-state index is 12.9. The van der Waals surface area contributed by atoms with Crippen molar-refractivity contribution in [3.63, 3.8) is 0 Å². The molecule has 0 bridgehead atoms. The maximum Gasteiger partial charge on any atom is 0.328 e. The van der Waals surface area contributed by atoms with Crippen molar-refractivity contribution in [1.29, 1.82) is 0 Å². The number of carbonyl (C=O) groups is 3. The summed E-state index contributed by atoms with van der Waals surface area (Å²) in [6.45, 7) is 0. The highest BCUT2D eigenvalue weighted by atomic mass is 32.2. The van der Waals surface area contributed by atoms with Crippen molar-refractivity contribution >= 4 is 46.1 Å². The van der Waals surface area contributed by atoms with E-state index in [1.807, 2.05) is 36.5 Å². The number of aromatic amines is 1. The number of aromatic nitrogens is 1. The average Bonchev–Trinajstić information content (AvgIpc) is 3.06. The van der Waals surface area contributed by atoms with E-state index in [0.29, 0.717) is 29.8 Å². The lowest BCUT2D eigenvalue weighted by Crippen LogP contribution is -2.43. The van der Waals surface area contributed by atoms with E-state index in [1.54, 1.807) is 23.9 Å². The molecule has 4 rings (SSSR count). The molecule has 0 radical (unpaired) electrons. The van der Waals surface area contributed by atoms with E-state index < -0.39 is 17.9 Å². The Kier molecular flexibility index (Phi) is 5.76. The molecular formula is C22H21N3O4S. The molecule has 0 spiro atoms. The van der Waals surface area contributed by atoms with Crippen LogP contribution in [0, 0.1) is 0 Å². The number of thioether (sulfide) groups is 1. The Morgan fingerprint density at radius 2 is 2.07 bits per heavy atom. The van der Waals surface area contributed by atoms with Gasteiger partial charge in [-0.3, -0.25) is 9.59 Å². The van der Waals surface area contributed by atoms with Crippen LogP contribution in [0.5, 0.6) is 0 Å². The van der Waals surface area contributed by atoms with Gasteiger partial charge < -0.3 is 20.4 Å². The molecule has 3 N–H and O–H groups in total. The minimum absolute atomic E-state index is 0.0782. The molecule has 30 heavy (non-hydrogen) atoms. The number of methoxy groups -OCH3 is 1. The molecule has 0 saturated heterocycles. The van der Waals surface area contributed by atoms with E-state index in [9.17, 15) is 14.4 Å². The number of ether oxygens (including phenoxy) is 1. The Balaban J connectivity index is 1.55. The predicted octanol–water partition coefficient (Wildman–Crippen LogP) is 3.12. The third-order valence-corrected chi connectivity index (χ3v) is 6.07. The van der Waals surface area contributed by atoms with Gasteiger partial charge in [-0.25, -0.2) is 4.79 Å². The second-order valence-electron chi connectivity index (χ2n) is 6.97. The zero-order valence-corrected chi connectivity index (χ0v) is 17.2. The molecule has 0 saturated carbocycles. The summed E-state index contributed by atoms with van der Waals surface area (Å²) >= 11 is 1.57. The van der Waals surface area contributed by atoms with Gasteiger partial charge in [-0.05, 0) is 29.8 Å². The normalized spacial score (nSPS) is 14.4. The third kappa shape index (κ3) is 4.18. The zero-order valence-electron chi connectivity index (χ0n) is 16.4. The highest BCUT2D eigenvalue weighted by Gasteiger charge is 2.24. The van der Waals surface area contributed by atoms with Crippen LogP contribution in [-0.4, -0.2) is 41.7 Å². The van der Waals surface area contributed by atoms with Crippen LogP contribution in [0.25, 0.3) is 10.9 Å². The Morgan fingerprint density at radius 3 is 2.90 bits per heavy atom. The van der Waals surface area contributed by atoms with Gasteiger partial charge in [0.2, 0.25) is 5.91 Å². The van der Waals surface area contributed by atoms with Crippen molar-refractivity contribution in [2.24, 2.45) is 0 Å². The molecule has 1 aliphatic rings. The van der Waals surface area contributed by atoms with Gasteiger partial charge in [-0.1, -0.05) is 18.2 Å². The molecule has 1 aliphatic heterocycles. The average molecular weight is 423 g/mol. The maximum absolute atomic E-state index is 12.9. The lowest BCUT2D eigenvalue weighted by Gasteiger charge is -2.17. The summed E-state index contributed by atoms with van der Waals surface area (Å²) in [5.41, 5.74) is 2.85. The monoisotopic (exact) mass is 423 g/mol. The van der Waals surface area contributed by atoms with Crippen LogP contribution in [0.4, 0.5) is 5.69 Å². The molecule has 3 aromatic rings. The molecule has 2 heterocycles. The van der Waals surface area contributed by atoms with Crippen LogP contribution in [-0.2, 0) is 20.7 Å². The Labute approximate surface area is 177 Å². The van der Waals surface area contributed by atoms with Gasteiger partial charge >= 0.3 is 5.97 Å². The Morgan fingerprint density at radius 1 is 1.23 bits per heavy atom. The van der Waals surface area contributed by atoms with E-state index in [1.165, 1.54) is 7.11 Å². The second-order valence-corrected chi connectivity index (χ2v) is 8.11.